The summed E-state index contributed by atoms with van der Waals surface area (Å²) in [6.45, 7) is 3.33. The van der Waals surface area contributed by atoms with Crippen molar-refractivity contribution in [2.75, 3.05) is 18.4 Å². The number of imide groups is 1. The second-order valence-corrected chi connectivity index (χ2v) is 8.41. The van der Waals surface area contributed by atoms with Crippen LogP contribution in [-0.4, -0.2) is 46.9 Å². The molecule has 2 heterocycles. The zero-order valence-electron chi connectivity index (χ0n) is 17.3. The van der Waals surface area contributed by atoms with Gasteiger partial charge < -0.3 is 10.6 Å². The number of aromatic nitrogens is 1. The minimum atomic E-state index is -0.517. The van der Waals surface area contributed by atoms with Crippen molar-refractivity contribution >= 4 is 39.6 Å². The molecule has 8 nitrogen and oxygen atoms in total. The minimum absolute atomic E-state index is 0.0631. The molecular weight excluding hydrogens is 462 g/mol. The summed E-state index contributed by atoms with van der Waals surface area (Å²) in [6.07, 6.45) is 2.91. The van der Waals surface area contributed by atoms with Crippen LogP contribution in [0.15, 0.2) is 53.1 Å². The number of hydrogen-bond donors (Lipinski definition) is 3. The van der Waals surface area contributed by atoms with Crippen molar-refractivity contribution in [3.05, 3.63) is 58.7 Å². The first kappa shape index (κ1) is 22.9. The molecule has 3 N–H and O–H groups in total. The van der Waals surface area contributed by atoms with Crippen LogP contribution in [0.4, 0.5) is 10.6 Å². The average molecular weight is 488 g/mol. The van der Waals surface area contributed by atoms with Crippen LogP contribution in [0.5, 0.6) is 0 Å². The topological polar surface area (TPSA) is 103 Å². The number of piperidine rings is 1. The van der Waals surface area contributed by atoms with Crippen molar-refractivity contribution in [3.63, 3.8) is 0 Å². The molecule has 0 radical (unpaired) electrons. The van der Waals surface area contributed by atoms with Gasteiger partial charge in [-0.3, -0.25) is 19.8 Å². The van der Waals surface area contributed by atoms with Crippen LogP contribution in [0, 0.1) is 5.92 Å². The molecule has 1 saturated heterocycles. The van der Waals surface area contributed by atoms with Crippen molar-refractivity contribution in [1.29, 1.82) is 0 Å². The predicted octanol–water partition coefficient (Wildman–Crippen LogP) is 2.91. The molecule has 31 heavy (non-hydrogen) atoms. The second-order valence-electron chi connectivity index (χ2n) is 7.49. The summed E-state index contributed by atoms with van der Waals surface area (Å²) in [6, 6.07) is 12.1. The van der Waals surface area contributed by atoms with Gasteiger partial charge in [0.2, 0.25) is 11.8 Å². The largest absolute Gasteiger partial charge is 0.334 e. The number of likely N-dealkylation sites (tertiary alicyclic amines) is 1. The van der Waals surface area contributed by atoms with E-state index in [2.05, 4.69) is 36.9 Å². The lowest BCUT2D eigenvalue weighted by Gasteiger charge is -2.34. The average Bonchev–Trinajstić information content (AvgIpc) is 2.79. The van der Waals surface area contributed by atoms with Crippen LogP contribution in [0.25, 0.3) is 0 Å². The Bertz CT molecular complexity index is 899. The molecule has 164 valence electrons. The van der Waals surface area contributed by atoms with Crippen LogP contribution in [-0.2, 0) is 16.1 Å². The van der Waals surface area contributed by atoms with E-state index >= 15 is 0 Å². The molecule has 1 aliphatic heterocycles. The summed E-state index contributed by atoms with van der Waals surface area (Å²) >= 11 is 3.32. The van der Waals surface area contributed by atoms with Gasteiger partial charge in [0, 0.05) is 23.1 Å². The van der Waals surface area contributed by atoms with E-state index in [-0.39, 0.29) is 17.7 Å². The van der Waals surface area contributed by atoms with E-state index in [1.807, 2.05) is 41.3 Å². The Morgan fingerprint density at radius 2 is 1.84 bits per heavy atom. The quantitative estimate of drug-likeness (QED) is 0.581. The Hall–Kier alpha value is -2.78. The fourth-order valence-corrected chi connectivity index (χ4v) is 3.67. The first-order chi connectivity index (χ1) is 14.9. The van der Waals surface area contributed by atoms with E-state index in [9.17, 15) is 14.4 Å². The molecule has 0 bridgehead atoms. The van der Waals surface area contributed by atoms with Crippen LogP contribution in [0.3, 0.4) is 0 Å². The number of hydrogen-bond acceptors (Lipinski definition) is 5. The van der Waals surface area contributed by atoms with E-state index in [0.29, 0.717) is 38.3 Å². The molecular formula is C22H26BrN5O3. The molecule has 1 aliphatic rings. The Morgan fingerprint density at radius 1 is 1.13 bits per heavy atom. The van der Waals surface area contributed by atoms with Crippen molar-refractivity contribution in [2.24, 2.45) is 5.92 Å². The van der Waals surface area contributed by atoms with Gasteiger partial charge in [-0.1, -0.05) is 30.3 Å². The van der Waals surface area contributed by atoms with Crippen molar-refractivity contribution in [3.8, 4) is 0 Å². The van der Waals surface area contributed by atoms with Gasteiger partial charge in [-0.25, -0.2) is 9.78 Å². The van der Waals surface area contributed by atoms with Crippen LogP contribution >= 0.6 is 15.9 Å². The molecule has 3 rings (SSSR count). The third-order valence-corrected chi connectivity index (χ3v) is 5.81. The number of carbonyl (C=O) groups is 3. The highest BCUT2D eigenvalue weighted by Crippen LogP contribution is 2.21. The lowest BCUT2D eigenvalue weighted by molar-refractivity contribution is -0.126. The Morgan fingerprint density at radius 3 is 2.48 bits per heavy atom. The van der Waals surface area contributed by atoms with Crippen LogP contribution < -0.4 is 16.0 Å². The Kier molecular flexibility index (Phi) is 8.13. The first-order valence-corrected chi connectivity index (χ1v) is 11.0. The summed E-state index contributed by atoms with van der Waals surface area (Å²) in [5.41, 5.74) is 0.955. The number of anilines is 1. The summed E-state index contributed by atoms with van der Waals surface area (Å²) in [4.78, 5) is 43.1. The maximum Gasteiger partial charge on any atom is 0.321 e. The van der Waals surface area contributed by atoms with E-state index in [0.717, 1.165) is 10.0 Å². The number of benzene rings is 1. The lowest BCUT2D eigenvalue weighted by atomic mass is 9.95. The fourth-order valence-electron chi connectivity index (χ4n) is 3.43. The maximum absolute atomic E-state index is 12.5. The number of urea groups is 1. The van der Waals surface area contributed by atoms with E-state index in [1.165, 1.54) is 0 Å². The van der Waals surface area contributed by atoms with Gasteiger partial charge >= 0.3 is 6.03 Å². The molecule has 1 fully saturated rings. The van der Waals surface area contributed by atoms with Gasteiger partial charge in [0.25, 0.3) is 0 Å². The van der Waals surface area contributed by atoms with Crippen molar-refractivity contribution in [2.45, 2.75) is 32.4 Å². The number of amides is 4. The minimum Gasteiger partial charge on any atom is -0.334 e. The third-order valence-electron chi connectivity index (χ3n) is 5.34. The second kappa shape index (κ2) is 11.0. The van der Waals surface area contributed by atoms with Crippen molar-refractivity contribution in [1.82, 2.24) is 20.5 Å². The zero-order chi connectivity index (χ0) is 22.2. The molecule has 2 aromatic rings. The Balaban J connectivity index is 1.40. The van der Waals surface area contributed by atoms with E-state index in [1.54, 1.807) is 19.2 Å². The molecule has 1 atom stereocenters. The third kappa shape index (κ3) is 6.86. The van der Waals surface area contributed by atoms with Gasteiger partial charge in [-0.05, 0) is 66.5 Å². The van der Waals surface area contributed by atoms with Gasteiger partial charge in [0.05, 0.1) is 6.04 Å². The van der Waals surface area contributed by atoms with Crippen LogP contribution in [0.2, 0.25) is 0 Å². The zero-order valence-corrected chi connectivity index (χ0v) is 18.9. The number of pyridine rings is 1. The van der Waals surface area contributed by atoms with E-state index < -0.39 is 12.1 Å². The number of halogens is 1. The highest BCUT2D eigenvalue weighted by Gasteiger charge is 2.30. The molecule has 1 aromatic heterocycles. The molecule has 0 spiro atoms. The number of nitrogens with zero attached hydrogens (tertiary/aromatic N) is 2. The lowest BCUT2D eigenvalue weighted by Crippen LogP contribution is -2.52. The van der Waals surface area contributed by atoms with Gasteiger partial charge in [0.15, 0.2) is 0 Å². The number of carbonyl (C=O) groups excluding carboxylic acids is 3. The predicted molar refractivity (Wildman–Crippen MR) is 121 cm³/mol. The van der Waals surface area contributed by atoms with Gasteiger partial charge in [0.1, 0.15) is 5.82 Å². The van der Waals surface area contributed by atoms with Gasteiger partial charge in [-0.2, -0.15) is 0 Å². The van der Waals surface area contributed by atoms with Crippen molar-refractivity contribution < 1.29 is 14.4 Å². The monoisotopic (exact) mass is 487 g/mol. The SMILES string of the molecule is CC(C(=O)NC(=O)NCc1ccccc1)N1CCC(C(=O)Nc2ccc(Br)cn2)CC1. The normalized spacial score (nSPS) is 15.7. The molecule has 1 unspecified atom stereocenters. The fraction of sp³-hybridized carbons (Fsp3) is 0.364. The molecule has 1 aromatic carbocycles. The first-order valence-electron chi connectivity index (χ1n) is 10.2. The smallest absolute Gasteiger partial charge is 0.321 e. The number of nitrogens with one attached hydrogen (secondary N) is 3. The summed E-state index contributed by atoms with van der Waals surface area (Å²) in [5, 5.41) is 7.92. The summed E-state index contributed by atoms with van der Waals surface area (Å²) in [5.74, 6) is -0.0320. The molecule has 4 amide bonds. The summed E-state index contributed by atoms with van der Waals surface area (Å²) < 4.78 is 0.847. The Labute approximate surface area is 189 Å². The molecule has 0 saturated carbocycles. The molecule has 0 aliphatic carbocycles. The number of rotatable bonds is 6. The summed E-state index contributed by atoms with van der Waals surface area (Å²) in [7, 11) is 0. The standard InChI is InChI=1S/C22H26BrN5O3/c1-15(20(29)27-22(31)25-13-16-5-3-2-4-6-16)28-11-9-17(10-12-28)21(30)26-19-8-7-18(23)14-24-19/h2-8,14-15,17H,9-13H2,1H3,(H,24,26,30)(H2,25,27,29,31). The highest BCUT2D eigenvalue weighted by atomic mass is 79.9. The maximum atomic E-state index is 12.5. The van der Waals surface area contributed by atoms with Crippen LogP contribution in [0.1, 0.15) is 25.3 Å². The highest BCUT2D eigenvalue weighted by molar-refractivity contribution is 9.10. The van der Waals surface area contributed by atoms with Gasteiger partial charge in [-0.15, -0.1) is 0 Å². The van der Waals surface area contributed by atoms with E-state index in [4.69, 9.17) is 0 Å². The molecule has 9 heteroatoms.